The predicted molar refractivity (Wildman–Crippen MR) is 168 cm³/mol. The van der Waals surface area contributed by atoms with E-state index in [1.54, 1.807) is 12.1 Å². The molecule has 7 nitrogen and oxygen atoms in total. The molecule has 0 aliphatic carbocycles. The number of aromatic nitrogens is 1. The Kier molecular flexibility index (Phi) is 9.49. The van der Waals surface area contributed by atoms with E-state index in [1.807, 2.05) is 91.5 Å². The Bertz CT molecular complexity index is 1550. The van der Waals surface area contributed by atoms with Gasteiger partial charge in [0.15, 0.2) is 0 Å². The second-order valence-corrected chi connectivity index (χ2v) is 12.3. The second kappa shape index (κ2) is 13.5. The van der Waals surface area contributed by atoms with Gasteiger partial charge >= 0.3 is 5.97 Å². The van der Waals surface area contributed by atoms with Crippen LogP contribution in [0.5, 0.6) is 11.8 Å². The van der Waals surface area contributed by atoms with E-state index < -0.39 is 17.0 Å². The summed E-state index contributed by atoms with van der Waals surface area (Å²) in [7, 11) is 0. The number of carboxylic acids is 1. The summed E-state index contributed by atoms with van der Waals surface area (Å²) in [6.45, 7) is 5.31. The smallest absolute Gasteiger partial charge is 0.303 e. The molecular weight excluding hydrogens is 559 g/mol. The minimum absolute atomic E-state index is 0.0127. The van der Waals surface area contributed by atoms with Crippen LogP contribution in [0.3, 0.4) is 0 Å². The lowest BCUT2D eigenvalue weighted by Crippen LogP contribution is -2.47. The zero-order valence-electron chi connectivity index (χ0n) is 25.2. The SMILES string of the molecule is CC(C)(CC(=O)O)CC1(O)CCN(c2ccc(-c3ccc(OCc4ccccc4)nc3OCc3ccccc3)cc2F)CC1. The van der Waals surface area contributed by atoms with Crippen molar-refractivity contribution < 1.29 is 28.9 Å². The van der Waals surface area contributed by atoms with Crippen LogP contribution in [0.2, 0.25) is 0 Å². The molecule has 1 aliphatic rings. The molecule has 0 spiro atoms. The molecule has 0 atom stereocenters. The Balaban J connectivity index is 1.32. The highest BCUT2D eigenvalue weighted by Crippen LogP contribution is 2.39. The van der Waals surface area contributed by atoms with E-state index >= 15 is 4.39 Å². The number of benzene rings is 3. The van der Waals surface area contributed by atoms with Crippen molar-refractivity contribution in [2.24, 2.45) is 5.41 Å². The number of rotatable bonds is 12. The summed E-state index contributed by atoms with van der Waals surface area (Å²) >= 11 is 0. The first-order valence-corrected chi connectivity index (χ1v) is 14.9. The number of hydrogen-bond acceptors (Lipinski definition) is 6. The number of pyridine rings is 1. The molecule has 1 saturated heterocycles. The Labute approximate surface area is 257 Å². The molecule has 0 radical (unpaired) electrons. The van der Waals surface area contributed by atoms with E-state index in [4.69, 9.17) is 9.47 Å². The van der Waals surface area contributed by atoms with Gasteiger partial charge in [-0.05, 0) is 59.6 Å². The van der Waals surface area contributed by atoms with Gasteiger partial charge in [-0.3, -0.25) is 4.79 Å². The molecule has 2 N–H and O–H groups in total. The molecule has 0 unspecified atom stereocenters. The zero-order chi connectivity index (χ0) is 31.2. The van der Waals surface area contributed by atoms with Crippen molar-refractivity contribution in [2.75, 3.05) is 18.0 Å². The van der Waals surface area contributed by atoms with Gasteiger partial charge < -0.3 is 24.6 Å². The number of halogens is 1. The normalized spacial score (nSPS) is 14.7. The summed E-state index contributed by atoms with van der Waals surface area (Å²) in [5, 5.41) is 20.4. The minimum Gasteiger partial charge on any atom is -0.481 e. The van der Waals surface area contributed by atoms with Crippen LogP contribution < -0.4 is 14.4 Å². The summed E-state index contributed by atoms with van der Waals surface area (Å²) in [6.07, 6.45) is 1.23. The van der Waals surface area contributed by atoms with Crippen LogP contribution in [0, 0.1) is 11.2 Å². The van der Waals surface area contributed by atoms with Gasteiger partial charge in [0.2, 0.25) is 11.8 Å². The number of aliphatic carboxylic acids is 1. The number of aliphatic hydroxyl groups is 1. The van der Waals surface area contributed by atoms with E-state index in [9.17, 15) is 15.0 Å². The van der Waals surface area contributed by atoms with Crippen molar-refractivity contribution in [1.82, 2.24) is 4.98 Å². The van der Waals surface area contributed by atoms with Crippen molar-refractivity contribution in [3.05, 3.63) is 108 Å². The second-order valence-electron chi connectivity index (χ2n) is 12.3. The number of anilines is 1. The lowest BCUT2D eigenvalue weighted by molar-refractivity contribution is -0.140. The molecule has 0 bridgehead atoms. The highest BCUT2D eigenvalue weighted by atomic mass is 19.1. The third-order valence-corrected chi connectivity index (χ3v) is 8.01. The van der Waals surface area contributed by atoms with Gasteiger partial charge in [0.05, 0.1) is 17.7 Å². The summed E-state index contributed by atoms with van der Waals surface area (Å²) in [5.74, 6) is -0.502. The van der Waals surface area contributed by atoms with Crippen LogP contribution in [-0.4, -0.2) is 39.9 Å². The Morgan fingerprint density at radius 3 is 2.11 bits per heavy atom. The molecule has 4 aromatic rings. The van der Waals surface area contributed by atoms with Crippen molar-refractivity contribution in [3.63, 3.8) is 0 Å². The average molecular weight is 599 g/mol. The molecule has 5 rings (SSSR count). The van der Waals surface area contributed by atoms with Gasteiger partial charge in [-0.1, -0.05) is 80.6 Å². The van der Waals surface area contributed by atoms with Gasteiger partial charge in [0, 0.05) is 24.7 Å². The molecule has 1 aromatic heterocycles. The topological polar surface area (TPSA) is 92.1 Å². The van der Waals surface area contributed by atoms with Crippen LogP contribution in [0.25, 0.3) is 11.1 Å². The number of piperidine rings is 1. The summed E-state index contributed by atoms with van der Waals surface area (Å²) in [6, 6.07) is 28.3. The Morgan fingerprint density at radius 1 is 0.909 bits per heavy atom. The number of carbonyl (C=O) groups is 1. The minimum atomic E-state index is -0.979. The number of hydrogen-bond donors (Lipinski definition) is 2. The quantitative estimate of drug-likeness (QED) is 0.177. The molecular formula is C36H39FN2O5. The molecule has 1 fully saturated rings. The van der Waals surface area contributed by atoms with Crippen LogP contribution in [0.4, 0.5) is 10.1 Å². The van der Waals surface area contributed by atoms with Crippen molar-refractivity contribution >= 4 is 11.7 Å². The van der Waals surface area contributed by atoms with Gasteiger partial charge in [0.1, 0.15) is 19.0 Å². The van der Waals surface area contributed by atoms with E-state index in [2.05, 4.69) is 4.98 Å². The third kappa shape index (κ3) is 8.14. The monoisotopic (exact) mass is 598 g/mol. The largest absolute Gasteiger partial charge is 0.481 e. The number of ether oxygens (including phenoxy) is 2. The molecule has 2 heterocycles. The Hall–Kier alpha value is -4.43. The lowest BCUT2D eigenvalue weighted by Gasteiger charge is -2.42. The van der Waals surface area contributed by atoms with Crippen LogP contribution >= 0.6 is 0 Å². The number of carboxylic acid groups (broad SMARTS) is 1. The van der Waals surface area contributed by atoms with Crippen LogP contribution in [0.1, 0.15) is 50.7 Å². The first-order valence-electron chi connectivity index (χ1n) is 14.9. The fraction of sp³-hybridized carbons (Fsp3) is 0.333. The first-order chi connectivity index (χ1) is 21.1. The third-order valence-electron chi connectivity index (χ3n) is 8.01. The van der Waals surface area contributed by atoms with E-state index in [-0.39, 0.29) is 12.2 Å². The molecule has 8 heteroatoms. The summed E-state index contributed by atoms with van der Waals surface area (Å²) < 4.78 is 27.7. The lowest BCUT2D eigenvalue weighted by atomic mass is 9.74. The van der Waals surface area contributed by atoms with Crippen molar-refractivity contribution in [1.29, 1.82) is 0 Å². The van der Waals surface area contributed by atoms with Gasteiger partial charge in [-0.25, -0.2) is 4.39 Å². The Morgan fingerprint density at radius 2 is 1.52 bits per heavy atom. The molecule has 0 amide bonds. The predicted octanol–water partition coefficient (Wildman–Crippen LogP) is 7.27. The fourth-order valence-corrected chi connectivity index (χ4v) is 5.93. The van der Waals surface area contributed by atoms with Gasteiger partial charge in [0.25, 0.3) is 0 Å². The van der Waals surface area contributed by atoms with Crippen molar-refractivity contribution in [2.45, 2.75) is 58.3 Å². The number of nitrogens with zero attached hydrogens (tertiary/aromatic N) is 2. The average Bonchev–Trinajstić information content (AvgIpc) is 2.99. The molecule has 44 heavy (non-hydrogen) atoms. The van der Waals surface area contributed by atoms with Gasteiger partial charge in [-0.2, -0.15) is 4.98 Å². The molecule has 1 aliphatic heterocycles. The molecule has 0 saturated carbocycles. The van der Waals surface area contributed by atoms with E-state index in [0.717, 1.165) is 11.1 Å². The maximum atomic E-state index is 15.6. The molecule has 230 valence electrons. The maximum absolute atomic E-state index is 15.6. The zero-order valence-corrected chi connectivity index (χ0v) is 25.2. The summed E-state index contributed by atoms with van der Waals surface area (Å²) in [4.78, 5) is 17.8. The summed E-state index contributed by atoms with van der Waals surface area (Å²) in [5.41, 5.74) is 2.21. The van der Waals surface area contributed by atoms with Gasteiger partial charge in [-0.15, -0.1) is 0 Å². The highest BCUT2D eigenvalue weighted by Gasteiger charge is 2.38. The maximum Gasteiger partial charge on any atom is 0.303 e. The van der Waals surface area contributed by atoms with Crippen molar-refractivity contribution in [3.8, 4) is 22.9 Å². The fourth-order valence-electron chi connectivity index (χ4n) is 5.93. The van der Waals surface area contributed by atoms with Crippen LogP contribution in [0.15, 0.2) is 91.0 Å². The van der Waals surface area contributed by atoms with E-state index in [0.29, 0.717) is 74.1 Å². The molecule has 3 aromatic carbocycles. The highest BCUT2D eigenvalue weighted by molar-refractivity contribution is 5.71. The van der Waals surface area contributed by atoms with Crippen LogP contribution in [-0.2, 0) is 18.0 Å². The standard InChI is InChI=1S/C36H39FN2O5/c1-35(2,22-33(40)41)25-36(42)17-19-39(20-18-36)31-15-13-28(21-30(31)37)29-14-16-32(43-23-26-9-5-3-6-10-26)38-34(29)44-24-27-11-7-4-8-12-27/h3-16,21,42H,17-20,22-25H2,1-2H3,(H,40,41). The van der Waals surface area contributed by atoms with E-state index in [1.165, 1.54) is 6.07 Å². The first kappa shape index (κ1) is 31.0.